The minimum Gasteiger partial charge on any atom is -0.496 e. The number of likely N-dealkylation sites (tertiary alicyclic amines) is 1. The molecule has 0 bridgehead atoms. The van der Waals surface area contributed by atoms with Crippen LogP contribution >= 0.6 is 0 Å². The van der Waals surface area contributed by atoms with Gasteiger partial charge < -0.3 is 15.0 Å². The first-order valence-electron chi connectivity index (χ1n) is 7.73. The van der Waals surface area contributed by atoms with Crippen LogP contribution < -0.4 is 10.1 Å². The Morgan fingerprint density at radius 3 is 2.70 bits per heavy atom. The zero-order valence-corrected chi connectivity index (χ0v) is 13.1. The summed E-state index contributed by atoms with van der Waals surface area (Å²) in [5, 5.41) is 3.69. The van der Waals surface area contributed by atoms with Gasteiger partial charge in [0.05, 0.1) is 7.11 Å². The van der Waals surface area contributed by atoms with E-state index in [-0.39, 0.29) is 0 Å². The van der Waals surface area contributed by atoms with Crippen molar-refractivity contribution in [2.24, 2.45) is 5.92 Å². The van der Waals surface area contributed by atoms with E-state index in [2.05, 4.69) is 36.3 Å². The smallest absolute Gasteiger partial charge is 0.122 e. The zero-order valence-electron chi connectivity index (χ0n) is 13.1. The van der Waals surface area contributed by atoms with Crippen LogP contribution in [0, 0.1) is 5.92 Å². The second-order valence-electron chi connectivity index (χ2n) is 6.07. The van der Waals surface area contributed by atoms with E-state index >= 15 is 0 Å². The van der Waals surface area contributed by atoms with E-state index in [4.69, 9.17) is 4.74 Å². The zero-order chi connectivity index (χ0) is 14.4. The highest BCUT2D eigenvalue weighted by Crippen LogP contribution is 2.19. The Hall–Kier alpha value is -1.06. The summed E-state index contributed by atoms with van der Waals surface area (Å²) < 4.78 is 5.42. The number of hydrogen-bond acceptors (Lipinski definition) is 3. The maximum atomic E-state index is 5.42. The molecule has 0 aromatic heterocycles. The summed E-state index contributed by atoms with van der Waals surface area (Å²) in [6, 6.07) is 8.80. The third-order valence-electron chi connectivity index (χ3n) is 4.31. The topological polar surface area (TPSA) is 24.5 Å². The lowest BCUT2D eigenvalue weighted by Gasteiger charge is -2.30. The van der Waals surface area contributed by atoms with Gasteiger partial charge in [0, 0.05) is 6.04 Å². The molecule has 3 nitrogen and oxygen atoms in total. The molecule has 112 valence electrons. The third-order valence-corrected chi connectivity index (χ3v) is 4.31. The van der Waals surface area contributed by atoms with Gasteiger partial charge in [0.2, 0.25) is 0 Å². The molecule has 1 aliphatic rings. The molecule has 1 unspecified atom stereocenters. The largest absolute Gasteiger partial charge is 0.496 e. The molecule has 0 spiro atoms. The lowest BCUT2D eigenvalue weighted by Crippen LogP contribution is -2.38. The van der Waals surface area contributed by atoms with E-state index in [1.807, 2.05) is 12.1 Å². The van der Waals surface area contributed by atoms with E-state index in [0.717, 1.165) is 24.6 Å². The fourth-order valence-corrected chi connectivity index (χ4v) is 2.91. The molecule has 0 saturated carbocycles. The van der Waals surface area contributed by atoms with Crippen LogP contribution in [0.3, 0.4) is 0 Å². The van der Waals surface area contributed by atoms with Crippen molar-refractivity contribution in [2.75, 3.05) is 33.8 Å². The number of nitrogens with one attached hydrogen (secondary N) is 1. The van der Waals surface area contributed by atoms with Crippen LogP contribution in [0.1, 0.15) is 25.3 Å². The Labute approximate surface area is 123 Å². The van der Waals surface area contributed by atoms with Crippen molar-refractivity contribution >= 4 is 0 Å². The number of methoxy groups -OCH3 is 1. The van der Waals surface area contributed by atoms with E-state index in [9.17, 15) is 0 Å². The maximum absolute atomic E-state index is 5.42. The SMILES string of the molecule is COc1ccccc1CC(C)NCC1CCN(C)CC1. The van der Waals surface area contributed by atoms with Crippen LogP contribution in [-0.2, 0) is 6.42 Å². The molecule has 0 amide bonds. The minimum absolute atomic E-state index is 0.492. The predicted molar refractivity (Wildman–Crippen MR) is 84.4 cm³/mol. The van der Waals surface area contributed by atoms with Crippen molar-refractivity contribution in [1.29, 1.82) is 0 Å². The molecule has 1 atom stereocenters. The van der Waals surface area contributed by atoms with Crippen molar-refractivity contribution < 1.29 is 4.74 Å². The molecule has 1 fully saturated rings. The highest BCUT2D eigenvalue weighted by atomic mass is 16.5. The van der Waals surface area contributed by atoms with Crippen LogP contribution in [0.5, 0.6) is 5.75 Å². The fourth-order valence-electron chi connectivity index (χ4n) is 2.91. The van der Waals surface area contributed by atoms with Crippen molar-refractivity contribution in [3.05, 3.63) is 29.8 Å². The molecule has 1 N–H and O–H groups in total. The number of nitrogens with zero attached hydrogens (tertiary/aromatic N) is 1. The molecule has 1 aromatic rings. The molecule has 3 heteroatoms. The third kappa shape index (κ3) is 4.50. The van der Waals surface area contributed by atoms with E-state index in [0.29, 0.717) is 6.04 Å². The van der Waals surface area contributed by atoms with Crippen molar-refractivity contribution in [1.82, 2.24) is 10.2 Å². The summed E-state index contributed by atoms with van der Waals surface area (Å²) in [5.74, 6) is 1.84. The number of rotatable bonds is 6. The van der Waals surface area contributed by atoms with Gasteiger partial charge in [0.15, 0.2) is 0 Å². The molecular weight excluding hydrogens is 248 g/mol. The van der Waals surface area contributed by atoms with Crippen LogP contribution in [0.25, 0.3) is 0 Å². The highest BCUT2D eigenvalue weighted by Gasteiger charge is 2.17. The Bertz CT molecular complexity index is 400. The van der Waals surface area contributed by atoms with Gasteiger partial charge in [-0.15, -0.1) is 0 Å². The molecule has 1 heterocycles. The number of hydrogen-bond donors (Lipinski definition) is 1. The number of para-hydroxylation sites is 1. The number of piperidine rings is 1. The Morgan fingerprint density at radius 1 is 1.30 bits per heavy atom. The standard InChI is InChI=1S/C17H28N2O/c1-14(12-16-6-4-5-7-17(16)20-3)18-13-15-8-10-19(2)11-9-15/h4-7,14-15,18H,8-13H2,1-3H3. The van der Waals surface area contributed by atoms with Gasteiger partial charge in [-0.1, -0.05) is 18.2 Å². The quantitative estimate of drug-likeness (QED) is 0.864. The van der Waals surface area contributed by atoms with Gasteiger partial charge in [-0.2, -0.15) is 0 Å². The van der Waals surface area contributed by atoms with Gasteiger partial charge in [-0.25, -0.2) is 0 Å². The summed E-state index contributed by atoms with van der Waals surface area (Å²) in [6.45, 7) is 5.89. The highest BCUT2D eigenvalue weighted by molar-refractivity contribution is 5.33. The van der Waals surface area contributed by atoms with Crippen LogP contribution in [0.15, 0.2) is 24.3 Å². The molecule has 1 aromatic carbocycles. The van der Waals surface area contributed by atoms with Gasteiger partial charge in [0.1, 0.15) is 5.75 Å². The van der Waals surface area contributed by atoms with Gasteiger partial charge in [-0.05, 0) is 70.4 Å². The van der Waals surface area contributed by atoms with Gasteiger partial charge in [0.25, 0.3) is 0 Å². The number of ether oxygens (including phenoxy) is 1. The van der Waals surface area contributed by atoms with Gasteiger partial charge in [-0.3, -0.25) is 0 Å². The second-order valence-corrected chi connectivity index (χ2v) is 6.07. The molecule has 0 radical (unpaired) electrons. The molecule has 1 aliphatic heterocycles. The molecule has 20 heavy (non-hydrogen) atoms. The van der Waals surface area contributed by atoms with Crippen molar-refractivity contribution in [3.63, 3.8) is 0 Å². The molecule has 2 rings (SSSR count). The summed E-state index contributed by atoms with van der Waals surface area (Å²) in [5.41, 5.74) is 1.29. The fraction of sp³-hybridized carbons (Fsp3) is 0.647. The van der Waals surface area contributed by atoms with Crippen molar-refractivity contribution in [3.8, 4) is 5.75 Å². The monoisotopic (exact) mass is 276 g/mol. The Balaban J connectivity index is 1.76. The predicted octanol–water partition coefficient (Wildman–Crippen LogP) is 2.56. The Kier molecular flexibility index (Phi) is 5.86. The first-order valence-corrected chi connectivity index (χ1v) is 7.73. The molecular formula is C17H28N2O. The first-order chi connectivity index (χ1) is 9.69. The van der Waals surface area contributed by atoms with E-state index in [1.54, 1.807) is 7.11 Å². The van der Waals surface area contributed by atoms with Crippen LogP contribution in [0.2, 0.25) is 0 Å². The van der Waals surface area contributed by atoms with Gasteiger partial charge >= 0.3 is 0 Å². The maximum Gasteiger partial charge on any atom is 0.122 e. The Morgan fingerprint density at radius 2 is 2.00 bits per heavy atom. The molecule has 0 aliphatic carbocycles. The van der Waals surface area contributed by atoms with Crippen molar-refractivity contribution in [2.45, 2.75) is 32.2 Å². The van der Waals surface area contributed by atoms with E-state index < -0.39 is 0 Å². The van der Waals surface area contributed by atoms with Crippen LogP contribution in [0.4, 0.5) is 0 Å². The lowest BCUT2D eigenvalue weighted by atomic mass is 9.96. The minimum atomic E-state index is 0.492. The van der Waals surface area contributed by atoms with Crippen LogP contribution in [-0.4, -0.2) is 44.7 Å². The molecule has 1 saturated heterocycles. The first kappa shape index (κ1) is 15.3. The summed E-state index contributed by atoms with van der Waals surface area (Å²) >= 11 is 0. The average Bonchev–Trinajstić information content (AvgIpc) is 2.47. The number of benzene rings is 1. The summed E-state index contributed by atoms with van der Waals surface area (Å²) in [7, 11) is 3.96. The summed E-state index contributed by atoms with van der Waals surface area (Å²) in [4.78, 5) is 2.43. The second kappa shape index (κ2) is 7.65. The lowest BCUT2D eigenvalue weighted by molar-refractivity contribution is 0.213. The summed E-state index contributed by atoms with van der Waals surface area (Å²) in [6.07, 6.45) is 3.67. The average molecular weight is 276 g/mol. The van der Waals surface area contributed by atoms with E-state index in [1.165, 1.54) is 31.5 Å². The normalized spacial score (nSPS) is 18.9.